The van der Waals surface area contributed by atoms with Crippen LogP contribution in [0.15, 0.2) is 59.5 Å². The number of benzene rings is 3. The molecule has 0 spiro atoms. The zero-order chi connectivity index (χ0) is 28.1. The van der Waals surface area contributed by atoms with Crippen molar-refractivity contribution in [3.05, 3.63) is 91.3 Å². The van der Waals surface area contributed by atoms with Gasteiger partial charge in [-0.2, -0.15) is 0 Å². The monoisotopic (exact) mass is 604 g/mol. The lowest BCUT2D eigenvalue weighted by atomic mass is 10.1. The fraction of sp³-hybridized carbons (Fsp3) is 0.179. The van der Waals surface area contributed by atoms with Crippen molar-refractivity contribution in [3.8, 4) is 11.5 Å². The summed E-state index contributed by atoms with van der Waals surface area (Å²) in [5.41, 5.74) is 2.70. The van der Waals surface area contributed by atoms with E-state index in [0.29, 0.717) is 33.7 Å². The maximum absolute atomic E-state index is 13.0. The first-order valence-corrected chi connectivity index (χ1v) is 13.7. The van der Waals surface area contributed by atoms with Crippen molar-refractivity contribution in [2.75, 3.05) is 18.5 Å². The number of nitrogens with one attached hydrogen (secondary N) is 1. The molecule has 3 amide bonds. The van der Waals surface area contributed by atoms with E-state index in [0.717, 1.165) is 27.8 Å². The van der Waals surface area contributed by atoms with Crippen LogP contribution in [-0.4, -0.2) is 35.2 Å². The number of carbonyl (C=O) groups is 3. The normalized spacial score (nSPS) is 14.2. The Morgan fingerprint density at radius 1 is 1.03 bits per heavy atom. The molecule has 0 aromatic heterocycles. The highest BCUT2D eigenvalue weighted by Gasteiger charge is 2.35. The maximum atomic E-state index is 13.0. The molecule has 1 N–H and O–H groups in total. The van der Waals surface area contributed by atoms with E-state index < -0.39 is 11.8 Å². The number of rotatable bonds is 9. The van der Waals surface area contributed by atoms with Crippen LogP contribution < -0.4 is 14.8 Å². The van der Waals surface area contributed by atoms with Gasteiger partial charge in [0.05, 0.1) is 23.1 Å². The summed E-state index contributed by atoms with van der Waals surface area (Å²) >= 11 is 19.5. The van der Waals surface area contributed by atoms with Crippen LogP contribution in [0.5, 0.6) is 11.5 Å². The summed E-state index contributed by atoms with van der Waals surface area (Å²) in [6.45, 7) is 3.74. The number of carbonyl (C=O) groups excluding carboxylic acids is 3. The van der Waals surface area contributed by atoms with Gasteiger partial charge in [0.1, 0.15) is 0 Å². The van der Waals surface area contributed by atoms with Crippen molar-refractivity contribution in [1.29, 1.82) is 0 Å². The number of thioether (sulfide) groups is 1. The van der Waals surface area contributed by atoms with Crippen molar-refractivity contribution in [1.82, 2.24) is 4.90 Å². The largest absolute Gasteiger partial charge is 0.490 e. The standard InChI is InChI=1S/C28H23Cl3N2O5S/c1-3-37-23-11-18(12-24-27(35)33(28(36)39-24)14-17-5-4-6-19(29)9-17)10-22(31)26(23)38-15-25(34)32-20-8-7-16(2)21(30)13-20/h4-13H,3,14-15H2,1-2H3,(H,32,34)/b24-12-. The van der Waals surface area contributed by atoms with Gasteiger partial charge in [-0.25, -0.2) is 0 Å². The van der Waals surface area contributed by atoms with Crippen LogP contribution in [-0.2, 0) is 16.1 Å². The van der Waals surface area contributed by atoms with Crippen molar-refractivity contribution < 1.29 is 23.9 Å². The Morgan fingerprint density at radius 2 is 1.82 bits per heavy atom. The lowest BCUT2D eigenvalue weighted by molar-refractivity contribution is -0.123. The Labute approximate surface area is 245 Å². The third kappa shape index (κ3) is 7.28. The first kappa shape index (κ1) is 28.8. The van der Waals surface area contributed by atoms with E-state index in [9.17, 15) is 14.4 Å². The molecule has 0 unspecified atom stereocenters. The van der Waals surface area contributed by atoms with Gasteiger partial charge in [0.2, 0.25) is 0 Å². The molecule has 0 radical (unpaired) electrons. The molecule has 0 atom stereocenters. The highest BCUT2D eigenvalue weighted by atomic mass is 35.5. The van der Waals surface area contributed by atoms with Gasteiger partial charge in [0, 0.05) is 15.7 Å². The van der Waals surface area contributed by atoms with Gasteiger partial charge in [-0.1, -0.05) is 53.0 Å². The van der Waals surface area contributed by atoms with Gasteiger partial charge in [0.15, 0.2) is 18.1 Å². The molecule has 1 fully saturated rings. The first-order chi connectivity index (χ1) is 18.6. The molecule has 1 aliphatic rings. The number of nitrogens with zero attached hydrogens (tertiary/aromatic N) is 1. The van der Waals surface area contributed by atoms with Crippen molar-refractivity contribution in [2.24, 2.45) is 0 Å². The lowest BCUT2D eigenvalue weighted by Gasteiger charge is -2.15. The molecule has 0 aliphatic carbocycles. The molecule has 0 bridgehead atoms. The number of anilines is 1. The third-order valence-corrected chi connectivity index (χ3v) is 7.37. The topological polar surface area (TPSA) is 84.9 Å². The number of amides is 3. The van der Waals surface area contributed by atoms with Crippen LogP contribution in [0.3, 0.4) is 0 Å². The van der Waals surface area contributed by atoms with Gasteiger partial charge < -0.3 is 14.8 Å². The predicted molar refractivity (Wildman–Crippen MR) is 156 cm³/mol. The highest BCUT2D eigenvalue weighted by molar-refractivity contribution is 8.18. The molecule has 3 aromatic rings. The molecule has 1 saturated heterocycles. The Balaban J connectivity index is 1.48. The average molecular weight is 606 g/mol. The summed E-state index contributed by atoms with van der Waals surface area (Å²) in [5.74, 6) is -0.361. The van der Waals surface area contributed by atoms with Crippen LogP contribution in [0.4, 0.5) is 10.5 Å². The van der Waals surface area contributed by atoms with Crippen LogP contribution in [0.2, 0.25) is 15.1 Å². The Hall–Kier alpha value is -3.17. The van der Waals surface area contributed by atoms with E-state index in [1.54, 1.807) is 67.6 Å². The average Bonchev–Trinajstić information content (AvgIpc) is 3.13. The Kier molecular flexibility index (Phi) is 9.45. The Bertz CT molecular complexity index is 1480. The van der Waals surface area contributed by atoms with Gasteiger partial charge in [0.25, 0.3) is 17.1 Å². The van der Waals surface area contributed by atoms with Gasteiger partial charge in [-0.15, -0.1) is 0 Å². The number of hydrogen-bond donors (Lipinski definition) is 1. The molecule has 11 heteroatoms. The second-order valence-electron chi connectivity index (χ2n) is 8.46. The molecule has 1 heterocycles. The minimum Gasteiger partial charge on any atom is -0.490 e. The number of ether oxygens (including phenoxy) is 2. The van der Waals surface area contributed by atoms with E-state index in [4.69, 9.17) is 44.3 Å². The summed E-state index contributed by atoms with van der Waals surface area (Å²) in [4.78, 5) is 39.4. The number of halogens is 3. The number of hydrogen-bond acceptors (Lipinski definition) is 6. The Morgan fingerprint density at radius 3 is 2.54 bits per heavy atom. The molecular formula is C28H23Cl3N2O5S. The number of imide groups is 1. The molecule has 7 nitrogen and oxygen atoms in total. The first-order valence-electron chi connectivity index (χ1n) is 11.8. The molecule has 1 aliphatic heterocycles. The minimum atomic E-state index is -0.424. The van der Waals surface area contributed by atoms with Crippen LogP contribution in [0, 0.1) is 6.92 Å². The fourth-order valence-corrected chi connectivity index (χ4v) is 5.19. The molecule has 3 aromatic carbocycles. The lowest BCUT2D eigenvalue weighted by Crippen LogP contribution is -2.27. The molecule has 39 heavy (non-hydrogen) atoms. The summed E-state index contributed by atoms with van der Waals surface area (Å²) in [6, 6.07) is 15.4. The van der Waals surface area contributed by atoms with Gasteiger partial charge in [-0.3, -0.25) is 19.3 Å². The minimum absolute atomic E-state index is 0.108. The number of aryl methyl sites for hydroxylation is 1. The maximum Gasteiger partial charge on any atom is 0.293 e. The van der Waals surface area contributed by atoms with Crippen LogP contribution in [0.25, 0.3) is 6.08 Å². The SMILES string of the molecule is CCOc1cc(/C=C2\SC(=O)N(Cc3cccc(Cl)c3)C2=O)cc(Cl)c1OCC(=O)Nc1ccc(C)c(Cl)c1. The molecule has 0 saturated carbocycles. The van der Waals surface area contributed by atoms with Crippen LogP contribution >= 0.6 is 46.6 Å². The third-order valence-electron chi connectivity index (χ3n) is 5.54. The van der Waals surface area contributed by atoms with Gasteiger partial charge in [-0.05, 0) is 84.8 Å². The van der Waals surface area contributed by atoms with Crippen LogP contribution in [0.1, 0.15) is 23.6 Å². The highest BCUT2D eigenvalue weighted by Crippen LogP contribution is 2.39. The van der Waals surface area contributed by atoms with E-state index in [1.807, 2.05) is 6.92 Å². The smallest absolute Gasteiger partial charge is 0.293 e. The zero-order valence-corrected chi connectivity index (χ0v) is 24.0. The summed E-state index contributed by atoms with van der Waals surface area (Å²) in [6.07, 6.45) is 1.56. The van der Waals surface area contributed by atoms with Crippen molar-refractivity contribution >= 4 is 75.4 Å². The fourth-order valence-electron chi connectivity index (χ4n) is 3.69. The van der Waals surface area contributed by atoms with Crippen molar-refractivity contribution in [3.63, 3.8) is 0 Å². The molecule has 4 rings (SSSR count). The van der Waals surface area contributed by atoms with Crippen molar-refractivity contribution in [2.45, 2.75) is 20.4 Å². The summed E-state index contributed by atoms with van der Waals surface area (Å²) in [5, 5.41) is 3.57. The zero-order valence-electron chi connectivity index (χ0n) is 20.9. The quantitative estimate of drug-likeness (QED) is 0.253. The second-order valence-corrected chi connectivity index (χ2v) is 10.7. The van der Waals surface area contributed by atoms with E-state index in [2.05, 4.69) is 5.32 Å². The summed E-state index contributed by atoms with van der Waals surface area (Å²) in [7, 11) is 0. The predicted octanol–water partition coefficient (Wildman–Crippen LogP) is 7.61. The molecular weight excluding hydrogens is 583 g/mol. The van der Waals surface area contributed by atoms with E-state index in [-0.39, 0.29) is 34.1 Å². The van der Waals surface area contributed by atoms with Gasteiger partial charge >= 0.3 is 0 Å². The van der Waals surface area contributed by atoms with E-state index >= 15 is 0 Å². The van der Waals surface area contributed by atoms with E-state index in [1.165, 1.54) is 0 Å². The second kappa shape index (κ2) is 12.8. The molecule has 202 valence electrons. The summed E-state index contributed by atoms with van der Waals surface area (Å²) < 4.78 is 11.4.